The van der Waals surface area contributed by atoms with E-state index in [0.29, 0.717) is 30.1 Å². The van der Waals surface area contributed by atoms with Crippen LogP contribution in [0.15, 0.2) is 24.3 Å². The zero-order valence-electron chi connectivity index (χ0n) is 14.3. The highest BCUT2D eigenvalue weighted by Gasteiger charge is 2.53. The second-order valence-corrected chi connectivity index (χ2v) is 7.76. The molecule has 0 N–H and O–H groups in total. The number of rotatable bonds is 6. The summed E-state index contributed by atoms with van der Waals surface area (Å²) in [7, 11) is 0. The molecule has 0 aliphatic carbocycles. The number of thioether (sulfide) groups is 1. The predicted molar refractivity (Wildman–Crippen MR) is 93.6 cm³/mol. The van der Waals surface area contributed by atoms with Gasteiger partial charge in [0.25, 0.3) is 0 Å². The summed E-state index contributed by atoms with van der Waals surface area (Å²) in [5.74, 6) is 0.389. The van der Waals surface area contributed by atoms with E-state index in [2.05, 4.69) is 0 Å². The minimum atomic E-state index is -0.599. The van der Waals surface area contributed by atoms with Crippen LogP contribution in [0.25, 0.3) is 0 Å². The molecule has 1 amide bonds. The number of carbonyl (C=O) groups is 3. The minimum Gasteiger partial charge on any atom is -0.494 e. The van der Waals surface area contributed by atoms with E-state index in [4.69, 9.17) is 9.47 Å². The Balaban J connectivity index is 1.57. The standard InChI is InChI=1S/C18H21NO5S/c1-3-23-13-6-4-12(5-7-13)15(20)10-24-17(22)14-11-25-18(2)9-8-16(21)19(14)18/h4-7,14H,3,8-11H2,1-2H3/t14-,18-/m1/s1. The molecule has 1 aromatic carbocycles. The van der Waals surface area contributed by atoms with Gasteiger partial charge in [0.1, 0.15) is 11.8 Å². The quantitative estimate of drug-likeness (QED) is 0.570. The molecule has 0 saturated carbocycles. The van der Waals surface area contributed by atoms with Gasteiger partial charge in [-0.3, -0.25) is 9.59 Å². The number of ketones is 1. The lowest BCUT2D eigenvalue weighted by Gasteiger charge is -2.29. The van der Waals surface area contributed by atoms with Gasteiger partial charge in [0.2, 0.25) is 5.91 Å². The molecule has 2 aliphatic heterocycles. The van der Waals surface area contributed by atoms with E-state index in [-0.39, 0.29) is 23.2 Å². The molecule has 0 radical (unpaired) electrons. The zero-order chi connectivity index (χ0) is 18.0. The third-order valence-corrected chi connectivity index (χ3v) is 6.05. The molecule has 2 heterocycles. The number of hydrogen-bond acceptors (Lipinski definition) is 6. The van der Waals surface area contributed by atoms with Crippen LogP contribution >= 0.6 is 11.8 Å². The van der Waals surface area contributed by atoms with Gasteiger partial charge in [0, 0.05) is 17.7 Å². The fourth-order valence-electron chi connectivity index (χ4n) is 3.22. The molecule has 0 bridgehead atoms. The first kappa shape index (κ1) is 17.8. The summed E-state index contributed by atoms with van der Waals surface area (Å²) in [5.41, 5.74) is 0.458. The van der Waals surface area contributed by atoms with Crippen molar-refractivity contribution in [1.29, 1.82) is 0 Å². The molecule has 0 spiro atoms. The number of benzene rings is 1. The highest BCUT2D eigenvalue weighted by Crippen LogP contribution is 2.47. The van der Waals surface area contributed by atoms with Gasteiger partial charge in [0.05, 0.1) is 11.5 Å². The Bertz CT molecular complexity index is 689. The topological polar surface area (TPSA) is 72.9 Å². The van der Waals surface area contributed by atoms with E-state index in [1.807, 2.05) is 13.8 Å². The van der Waals surface area contributed by atoms with Crippen molar-refractivity contribution in [2.45, 2.75) is 37.6 Å². The van der Waals surface area contributed by atoms with Gasteiger partial charge in [-0.15, -0.1) is 11.8 Å². The van der Waals surface area contributed by atoms with Crippen LogP contribution in [0.1, 0.15) is 37.0 Å². The largest absolute Gasteiger partial charge is 0.494 e. The Labute approximate surface area is 150 Å². The third kappa shape index (κ3) is 3.51. The van der Waals surface area contributed by atoms with Gasteiger partial charge >= 0.3 is 5.97 Å². The van der Waals surface area contributed by atoms with Crippen LogP contribution in [-0.2, 0) is 14.3 Å². The number of esters is 1. The molecular weight excluding hydrogens is 342 g/mol. The van der Waals surface area contributed by atoms with Crippen LogP contribution in [0, 0.1) is 0 Å². The number of ether oxygens (including phenoxy) is 2. The molecule has 7 heteroatoms. The van der Waals surface area contributed by atoms with E-state index in [1.54, 1.807) is 40.9 Å². The van der Waals surface area contributed by atoms with Gasteiger partial charge in [-0.1, -0.05) is 0 Å². The lowest BCUT2D eigenvalue weighted by atomic mass is 10.1. The Kier molecular flexibility index (Phi) is 5.03. The summed E-state index contributed by atoms with van der Waals surface area (Å²) < 4.78 is 10.5. The van der Waals surface area contributed by atoms with Crippen LogP contribution in [-0.4, -0.2) is 52.4 Å². The van der Waals surface area contributed by atoms with Crippen molar-refractivity contribution in [1.82, 2.24) is 4.90 Å². The van der Waals surface area contributed by atoms with Crippen LogP contribution < -0.4 is 4.74 Å². The molecule has 6 nitrogen and oxygen atoms in total. The van der Waals surface area contributed by atoms with Crippen molar-refractivity contribution in [3.8, 4) is 5.75 Å². The van der Waals surface area contributed by atoms with Gasteiger partial charge < -0.3 is 14.4 Å². The average molecular weight is 363 g/mol. The van der Waals surface area contributed by atoms with Crippen LogP contribution in [0.2, 0.25) is 0 Å². The Morgan fingerprint density at radius 2 is 2.04 bits per heavy atom. The van der Waals surface area contributed by atoms with Crippen molar-refractivity contribution in [2.75, 3.05) is 19.0 Å². The first-order chi connectivity index (χ1) is 11.9. The summed E-state index contributed by atoms with van der Waals surface area (Å²) in [6.07, 6.45) is 1.20. The summed E-state index contributed by atoms with van der Waals surface area (Å²) >= 11 is 1.60. The maximum atomic E-state index is 12.3. The Morgan fingerprint density at radius 3 is 2.72 bits per heavy atom. The van der Waals surface area contributed by atoms with Crippen LogP contribution in [0.4, 0.5) is 0 Å². The van der Waals surface area contributed by atoms with Crippen molar-refractivity contribution in [3.63, 3.8) is 0 Å². The fourth-order valence-corrected chi connectivity index (χ4v) is 4.63. The predicted octanol–water partition coefficient (Wildman–Crippen LogP) is 2.27. The Morgan fingerprint density at radius 1 is 1.32 bits per heavy atom. The van der Waals surface area contributed by atoms with Gasteiger partial charge in [0.15, 0.2) is 12.4 Å². The molecule has 0 unspecified atom stereocenters. The second-order valence-electron chi connectivity index (χ2n) is 6.25. The van der Waals surface area contributed by atoms with E-state index in [1.165, 1.54) is 0 Å². The molecule has 2 saturated heterocycles. The maximum absolute atomic E-state index is 12.3. The minimum absolute atomic E-state index is 0.0210. The summed E-state index contributed by atoms with van der Waals surface area (Å²) in [6.45, 7) is 4.09. The number of Topliss-reactive ketones (excluding diaryl/α,β-unsaturated/α-hetero) is 1. The normalized spacial score (nSPS) is 25.0. The first-order valence-corrected chi connectivity index (χ1v) is 9.32. The van der Waals surface area contributed by atoms with E-state index < -0.39 is 12.0 Å². The molecule has 25 heavy (non-hydrogen) atoms. The molecule has 0 aromatic heterocycles. The van der Waals surface area contributed by atoms with Crippen molar-refractivity contribution in [3.05, 3.63) is 29.8 Å². The molecule has 2 atom stereocenters. The second kappa shape index (κ2) is 7.07. The van der Waals surface area contributed by atoms with Gasteiger partial charge in [-0.25, -0.2) is 4.79 Å². The maximum Gasteiger partial charge on any atom is 0.330 e. The zero-order valence-corrected chi connectivity index (χ0v) is 15.1. The fraction of sp³-hybridized carbons (Fsp3) is 0.500. The van der Waals surface area contributed by atoms with Crippen molar-refractivity contribution in [2.24, 2.45) is 0 Å². The Hall–Kier alpha value is -2.02. The molecule has 2 fully saturated rings. The highest BCUT2D eigenvalue weighted by molar-refractivity contribution is 8.01. The number of hydrogen-bond donors (Lipinski definition) is 0. The number of carbonyl (C=O) groups excluding carboxylic acids is 3. The monoisotopic (exact) mass is 363 g/mol. The lowest BCUT2D eigenvalue weighted by Crippen LogP contribution is -2.46. The van der Waals surface area contributed by atoms with Gasteiger partial charge in [-0.2, -0.15) is 0 Å². The lowest BCUT2D eigenvalue weighted by molar-refractivity contribution is -0.152. The van der Waals surface area contributed by atoms with Crippen molar-refractivity contribution >= 4 is 29.4 Å². The van der Waals surface area contributed by atoms with Crippen molar-refractivity contribution < 1.29 is 23.9 Å². The molecule has 3 rings (SSSR count). The SMILES string of the molecule is CCOc1ccc(C(=O)COC(=O)[C@H]2CS[C@]3(C)CCC(=O)N23)cc1. The number of amides is 1. The smallest absolute Gasteiger partial charge is 0.330 e. The summed E-state index contributed by atoms with van der Waals surface area (Å²) in [4.78, 5) is 37.9. The molecule has 1 aromatic rings. The number of nitrogens with zero attached hydrogens (tertiary/aromatic N) is 1. The van der Waals surface area contributed by atoms with E-state index in [9.17, 15) is 14.4 Å². The van der Waals surface area contributed by atoms with E-state index in [0.717, 1.165) is 6.42 Å². The number of fused-ring (bicyclic) bond motifs is 1. The summed E-state index contributed by atoms with van der Waals surface area (Å²) in [6, 6.07) is 6.11. The van der Waals surface area contributed by atoms with Crippen LogP contribution in [0.5, 0.6) is 5.75 Å². The van der Waals surface area contributed by atoms with E-state index >= 15 is 0 Å². The summed E-state index contributed by atoms with van der Waals surface area (Å²) in [5, 5.41) is 0. The highest BCUT2D eigenvalue weighted by atomic mass is 32.2. The van der Waals surface area contributed by atoms with Gasteiger partial charge in [-0.05, 0) is 44.5 Å². The molecular formula is C18H21NO5S. The molecule has 2 aliphatic rings. The first-order valence-electron chi connectivity index (χ1n) is 8.33. The van der Waals surface area contributed by atoms with Crippen LogP contribution in [0.3, 0.4) is 0 Å². The molecule has 134 valence electrons. The third-order valence-electron chi connectivity index (χ3n) is 4.55. The average Bonchev–Trinajstić information content (AvgIpc) is 3.10.